The Morgan fingerprint density at radius 3 is 2.47 bits per heavy atom. The normalized spacial score (nSPS) is 13.7. The third-order valence-electron chi connectivity index (χ3n) is 5.52. The summed E-state index contributed by atoms with van der Waals surface area (Å²) in [6, 6.07) is 10.3. The van der Waals surface area contributed by atoms with E-state index in [0.29, 0.717) is 16.1 Å². The Morgan fingerprint density at radius 1 is 1.03 bits per heavy atom. The van der Waals surface area contributed by atoms with E-state index in [4.69, 9.17) is 4.42 Å². The van der Waals surface area contributed by atoms with Gasteiger partial charge in [0.05, 0.1) is 11.8 Å². The summed E-state index contributed by atoms with van der Waals surface area (Å²) in [6.45, 7) is 1.94. The smallest absolute Gasteiger partial charge is 0.288 e. The third-order valence-corrected chi connectivity index (χ3v) is 6.74. The second-order valence-corrected chi connectivity index (χ2v) is 8.86. The number of ketones is 1. The molecule has 8 heteroatoms. The number of carbonyl (C=O) groups is 3. The maximum atomic E-state index is 13.4. The van der Waals surface area contributed by atoms with Crippen LogP contribution in [0.5, 0.6) is 0 Å². The van der Waals surface area contributed by atoms with Gasteiger partial charge in [0.1, 0.15) is 5.00 Å². The lowest BCUT2D eigenvalue weighted by molar-refractivity contribution is 0.0853. The number of furan rings is 1. The van der Waals surface area contributed by atoms with Crippen LogP contribution in [0, 0.1) is 6.92 Å². The van der Waals surface area contributed by atoms with Gasteiger partial charge in [0, 0.05) is 17.5 Å². The molecule has 0 bridgehead atoms. The van der Waals surface area contributed by atoms with Gasteiger partial charge in [0.15, 0.2) is 11.9 Å². The summed E-state index contributed by atoms with van der Waals surface area (Å²) in [5.41, 5.74) is 3.07. The molecule has 1 atom stereocenters. The van der Waals surface area contributed by atoms with E-state index >= 15 is 0 Å². The molecule has 3 N–H and O–H groups in total. The first-order valence-electron chi connectivity index (χ1n) is 10.6. The van der Waals surface area contributed by atoms with Crippen LogP contribution < -0.4 is 16.0 Å². The molecule has 4 rings (SSSR count). The zero-order valence-electron chi connectivity index (χ0n) is 18.0. The van der Waals surface area contributed by atoms with Gasteiger partial charge in [-0.1, -0.05) is 29.8 Å². The number of fused-ring (bicyclic) bond motifs is 1. The number of hydrogen-bond donors (Lipinski definition) is 3. The Labute approximate surface area is 190 Å². The summed E-state index contributed by atoms with van der Waals surface area (Å²) in [5, 5.41) is 9.17. The Kier molecular flexibility index (Phi) is 6.41. The van der Waals surface area contributed by atoms with Gasteiger partial charge in [-0.3, -0.25) is 14.4 Å². The lowest BCUT2D eigenvalue weighted by Crippen LogP contribution is -2.46. The molecule has 0 radical (unpaired) electrons. The van der Waals surface area contributed by atoms with Crippen LogP contribution in [0.4, 0.5) is 5.00 Å². The molecular formula is C24H25N3O4S. The van der Waals surface area contributed by atoms with Crippen LogP contribution in [0.25, 0.3) is 0 Å². The van der Waals surface area contributed by atoms with E-state index in [1.165, 1.54) is 23.7 Å². The molecule has 1 unspecified atom stereocenters. The summed E-state index contributed by atoms with van der Waals surface area (Å²) in [6.07, 6.45) is 4.15. The topological polar surface area (TPSA) is 100 Å². The molecule has 0 saturated carbocycles. The SMILES string of the molecule is CNC(=O)c1c(NC(NC(=O)c2ccco2)C(=O)c2ccc(C)cc2)sc2c1CCCC2. The largest absolute Gasteiger partial charge is 0.459 e. The molecule has 0 saturated heterocycles. The molecule has 0 fully saturated rings. The molecule has 2 amide bonds. The van der Waals surface area contributed by atoms with Crippen molar-refractivity contribution in [2.45, 2.75) is 38.8 Å². The van der Waals surface area contributed by atoms with Crippen molar-refractivity contribution in [1.82, 2.24) is 10.6 Å². The molecule has 32 heavy (non-hydrogen) atoms. The van der Waals surface area contributed by atoms with Crippen LogP contribution in [0.15, 0.2) is 47.1 Å². The zero-order chi connectivity index (χ0) is 22.7. The molecule has 2 heterocycles. The fourth-order valence-corrected chi connectivity index (χ4v) is 5.14. The molecule has 1 aliphatic carbocycles. The van der Waals surface area contributed by atoms with E-state index in [1.807, 2.05) is 19.1 Å². The van der Waals surface area contributed by atoms with Crippen molar-refractivity contribution in [3.63, 3.8) is 0 Å². The highest BCUT2D eigenvalue weighted by molar-refractivity contribution is 7.16. The molecule has 166 valence electrons. The third kappa shape index (κ3) is 4.45. The van der Waals surface area contributed by atoms with E-state index in [2.05, 4.69) is 16.0 Å². The number of nitrogens with one attached hydrogen (secondary N) is 3. The quantitative estimate of drug-likeness (QED) is 0.373. The van der Waals surface area contributed by atoms with Crippen LogP contribution in [-0.2, 0) is 12.8 Å². The van der Waals surface area contributed by atoms with Gasteiger partial charge in [0.2, 0.25) is 5.78 Å². The van der Waals surface area contributed by atoms with Gasteiger partial charge in [-0.2, -0.15) is 0 Å². The van der Waals surface area contributed by atoms with Gasteiger partial charge in [-0.05, 0) is 50.3 Å². The average molecular weight is 452 g/mol. The molecule has 0 aliphatic heterocycles. The second kappa shape index (κ2) is 9.40. The predicted molar refractivity (Wildman–Crippen MR) is 123 cm³/mol. The van der Waals surface area contributed by atoms with E-state index in [0.717, 1.165) is 41.7 Å². The number of aryl methyl sites for hydroxylation is 2. The van der Waals surface area contributed by atoms with Gasteiger partial charge in [-0.15, -0.1) is 11.3 Å². The Balaban J connectivity index is 1.69. The molecule has 1 aromatic carbocycles. The van der Waals surface area contributed by atoms with Crippen LogP contribution in [0.3, 0.4) is 0 Å². The summed E-state index contributed by atoms with van der Waals surface area (Å²) < 4.78 is 5.18. The monoisotopic (exact) mass is 451 g/mol. The number of carbonyl (C=O) groups excluding carboxylic acids is 3. The van der Waals surface area contributed by atoms with E-state index in [-0.39, 0.29) is 17.5 Å². The van der Waals surface area contributed by atoms with Crippen molar-refractivity contribution in [2.24, 2.45) is 0 Å². The van der Waals surface area contributed by atoms with Crippen LogP contribution in [0.2, 0.25) is 0 Å². The first-order chi connectivity index (χ1) is 15.5. The minimum absolute atomic E-state index is 0.102. The van der Waals surface area contributed by atoms with Crippen LogP contribution >= 0.6 is 11.3 Å². The average Bonchev–Trinajstić information content (AvgIpc) is 3.46. The lowest BCUT2D eigenvalue weighted by atomic mass is 9.95. The molecule has 0 spiro atoms. The molecule has 2 aromatic heterocycles. The Morgan fingerprint density at radius 2 is 1.78 bits per heavy atom. The maximum Gasteiger partial charge on any atom is 0.288 e. The molecule has 7 nitrogen and oxygen atoms in total. The predicted octanol–water partition coefficient (Wildman–Crippen LogP) is 3.94. The highest BCUT2D eigenvalue weighted by Crippen LogP contribution is 2.38. The molecule has 1 aliphatic rings. The van der Waals surface area contributed by atoms with E-state index in [9.17, 15) is 14.4 Å². The van der Waals surface area contributed by atoms with Crippen molar-refractivity contribution >= 4 is 33.9 Å². The first kappa shape index (κ1) is 21.8. The second-order valence-electron chi connectivity index (χ2n) is 7.75. The highest BCUT2D eigenvalue weighted by atomic mass is 32.1. The van der Waals surface area contributed by atoms with Gasteiger partial charge >= 0.3 is 0 Å². The number of benzene rings is 1. The zero-order valence-corrected chi connectivity index (χ0v) is 18.8. The summed E-state index contributed by atoms with van der Waals surface area (Å²) in [4.78, 5) is 39.9. The summed E-state index contributed by atoms with van der Waals surface area (Å²) >= 11 is 1.47. The number of hydrogen-bond acceptors (Lipinski definition) is 6. The van der Waals surface area contributed by atoms with Crippen molar-refractivity contribution in [3.05, 3.63) is 75.6 Å². The highest BCUT2D eigenvalue weighted by Gasteiger charge is 2.29. The fourth-order valence-electron chi connectivity index (χ4n) is 3.83. The van der Waals surface area contributed by atoms with Crippen LogP contribution in [0.1, 0.15) is 60.1 Å². The van der Waals surface area contributed by atoms with Crippen molar-refractivity contribution in [3.8, 4) is 0 Å². The van der Waals surface area contributed by atoms with Crippen molar-refractivity contribution in [2.75, 3.05) is 12.4 Å². The minimum Gasteiger partial charge on any atom is -0.459 e. The number of amides is 2. The standard InChI is InChI=1S/C24H25N3O4S/c1-14-9-11-15(12-10-14)20(28)21(26-22(29)17-7-5-13-31-17)27-24-19(23(30)25-2)16-6-3-4-8-18(16)32-24/h5,7,9-13,21,27H,3-4,6,8H2,1-2H3,(H,25,30)(H,26,29). The van der Waals surface area contributed by atoms with Gasteiger partial charge in [-0.25, -0.2) is 0 Å². The minimum atomic E-state index is -1.07. The summed E-state index contributed by atoms with van der Waals surface area (Å²) in [5.74, 6) is -0.925. The summed E-state index contributed by atoms with van der Waals surface area (Å²) in [7, 11) is 1.59. The lowest BCUT2D eigenvalue weighted by Gasteiger charge is -2.20. The molecular weight excluding hydrogens is 426 g/mol. The number of thiophene rings is 1. The maximum absolute atomic E-state index is 13.4. The number of rotatable bonds is 7. The molecule has 3 aromatic rings. The number of anilines is 1. The first-order valence-corrected chi connectivity index (χ1v) is 11.4. The van der Waals surface area contributed by atoms with E-state index in [1.54, 1.807) is 25.2 Å². The van der Waals surface area contributed by atoms with Crippen molar-refractivity contribution in [1.29, 1.82) is 0 Å². The van der Waals surface area contributed by atoms with Crippen LogP contribution in [-0.4, -0.2) is 30.8 Å². The van der Waals surface area contributed by atoms with Gasteiger partial charge < -0.3 is 20.4 Å². The number of Topliss-reactive ketones (excluding diaryl/α,β-unsaturated/α-hetero) is 1. The van der Waals surface area contributed by atoms with Crippen molar-refractivity contribution < 1.29 is 18.8 Å². The Hall–Kier alpha value is -3.39. The van der Waals surface area contributed by atoms with E-state index < -0.39 is 12.1 Å². The fraction of sp³-hybridized carbons (Fsp3) is 0.292. The Bertz CT molecular complexity index is 1130. The van der Waals surface area contributed by atoms with Gasteiger partial charge in [0.25, 0.3) is 11.8 Å².